The topological polar surface area (TPSA) is 50.9 Å². The molecule has 0 aliphatic carbocycles. The quantitative estimate of drug-likeness (QED) is 0.919. The average Bonchev–Trinajstić information content (AvgIpc) is 2.65. The van der Waals surface area contributed by atoms with Crippen LogP contribution in [0.25, 0.3) is 0 Å². The molecule has 0 bridgehead atoms. The van der Waals surface area contributed by atoms with Gasteiger partial charge in [-0.15, -0.1) is 5.10 Å². The summed E-state index contributed by atoms with van der Waals surface area (Å²) >= 11 is 3.41. The first-order valence-corrected chi connectivity index (χ1v) is 5.31. The first kappa shape index (κ1) is 10.3. The van der Waals surface area contributed by atoms with Gasteiger partial charge in [0.1, 0.15) is 0 Å². The van der Waals surface area contributed by atoms with E-state index in [0.29, 0.717) is 6.54 Å². The van der Waals surface area contributed by atoms with Gasteiger partial charge in [0.2, 0.25) is 0 Å². The summed E-state index contributed by atoms with van der Waals surface area (Å²) in [4.78, 5) is 0. The van der Waals surface area contributed by atoms with E-state index in [4.69, 9.17) is 5.11 Å². The number of nitrogens with zero attached hydrogens (tertiary/aromatic N) is 3. The first-order chi connectivity index (χ1) is 7.29. The normalized spacial score (nSPS) is 10.5. The predicted octanol–water partition coefficient (Wildman–Crippen LogP) is 1.58. The molecule has 0 saturated carbocycles. The van der Waals surface area contributed by atoms with Gasteiger partial charge in [0.15, 0.2) is 0 Å². The third kappa shape index (κ3) is 2.43. The van der Waals surface area contributed by atoms with Crippen LogP contribution in [0.3, 0.4) is 0 Å². The molecule has 0 spiro atoms. The zero-order valence-corrected chi connectivity index (χ0v) is 9.55. The fraction of sp³-hybridized carbons (Fsp3) is 0.200. The molecular weight excluding hydrogens is 258 g/mol. The van der Waals surface area contributed by atoms with Gasteiger partial charge >= 0.3 is 0 Å². The molecule has 0 aliphatic heterocycles. The van der Waals surface area contributed by atoms with Crippen molar-refractivity contribution in [1.82, 2.24) is 15.0 Å². The van der Waals surface area contributed by atoms with Gasteiger partial charge in [-0.05, 0) is 17.7 Å². The third-order valence-electron chi connectivity index (χ3n) is 2.08. The van der Waals surface area contributed by atoms with Gasteiger partial charge < -0.3 is 5.11 Å². The van der Waals surface area contributed by atoms with Gasteiger partial charge in [-0.25, -0.2) is 4.68 Å². The summed E-state index contributed by atoms with van der Waals surface area (Å²) in [5, 5.41) is 16.7. The second-order valence-corrected chi connectivity index (χ2v) is 4.09. The van der Waals surface area contributed by atoms with E-state index in [2.05, 4.69) is 26.2 Å². The Morgan fingerprint density at radius 2 is 2.27 bits per heavy atom. The lowest BCUT2D eigenvalue weighted by Crippen LogP contribution is -2.06. The van der Waals surface area contributed by atoms with Crippen LogP contribution in [0.5, 0.6) is 0 Å². The molecule has 0 saturated heterocycles. The number of benzene rings is 1. The van der Waals surface area contributed by atoms with E-state index in [1.54, 1.807) is 10.9 Å². The number of rotatable bonds is 3. The molecule has 0 atom stereocenters. The Hall–Kier alpha value is -1.20. The van der Waals surface area contributed by atoms with Gasteiger partial charge in [-0.1, -0.05) is 33.3 Å². The highest BCUT2D eigenvalue weighted by Crippen LogP contribution is 2.12. The lowest BCUT2D eigenvalue weighted by molar-refractivity contribution is 0.269. The van der Waals surface area contributed by atoms with Crippen molar-refractivity contribution in [3.05, 3.63) is 46.2 Å². The Balaban J connectivity index is 2.22. The Morgan fingerprint density at radius 3 is 3.00 bits per heavy atom. The highest BCUT2D eigenvalue weighted by atomic mass is 79.9. The van der Waals surface area contributed by atoms with Gasteiger partial charge in [0.05, 0.1) is 25.0 Å². The van der Waals surface area contributed by atoms with Crippen molar-refractivity contribution >= 4 is 15.9 Å². The highest BCUT2D eigenvalue weighted by molar-refractivity contribution is 9.10. The van der Waals surface area contributed by atoms with Crippen molar-refractivity contribution in [2.24, 2.45) is 0 Å². The van der Waals surface area contributed by atoms with E-state index in [1.165, 1.54) is 0 Å². The van der Waals surface area contributed by atoms with Crippen LogP contribution in [0.2, 0.25) is 0 Å². The minimum atomic E-state index is -0.0407. The Kier molecular flexibility index (Phi) is 3.13. The SMILES string of the molecule is OCc1cnnn1Cc1cccc(Br)c1. The Bertz CT molecular complexity index is 455. The fourth-order valence-corrected chi connectivity index (χ4v) is 1.79. The summed E-state index contributed by atoms with van der Waals surface area (Å²) in [6, 6.07) is 7.96. The fourth-order valence-electron chi connectivity index (χ4n) is 1.34. The number of aliphatic hydroxyl groups excluding tert-OH is 1. The maximum Gasteiger partial charge on any atom is 0.0866 e. The molecule has 5 heteroatoms. The second kappa shape index (κ2) is 4.55. The van der Waals surface area contributed by atoms with Gasteiger partial charge in [-0.3, -0.25) is 0 Å². The van der Waals surface area contributed by atoms with Crippen LogP contribution >= 0.6 is 15.9 Å². The maximum absolute atomic E-state index is 9.03. The van der Waals surface area contributed by atoms with Gasteiger partial charge in [0.25, 0.3) is 0 Å². The number of halogens is 1. The molecule has 2 aromatic rings. The van der Waals surface area contributed by atoms with Crippen LogP contribution in [0.1, 0.15) is 11.3 Å². The van der Waals surface area contributed by atoms with Gasteiger partial charge in [-0.2, -0.15) is 0 Å². The number of aromatic nitrogens is 3. The Labute approximate surface area is 95.7 Å². The lowest BCUT2D eigenvalue weighted by atomic mass is 10.2. The van der Waals surface area contributed by atoms with Crippen molar-refractivity contribution in [1.29, 1.82) is 0 Å². The van der Waals surface area contributed by atoms with E-state index in [9.17, 15) is 0 Å². The molecule has 1 aromatic carbocycles. The van der Waals surface area contributed by atoms with Crippen LogP contribution in [0.4, 0.5) is 0 Å². The summed E-state index contributed by atoms with van der Waals surface area (Å²) in [6.07, 6.45) is 1.57. The molecule has 4 nitrogen and oxygen atoms in total. The lowest BCUT2D eigenvalue weighted by Gasteiger charge is -2.04. The molecule has 1 N–H and O–H groups in total. The highest BCUT2D eigenvalue weighted by Gasteiger charge is 2.03. The molecular formula is C10H10BrN3O. The van der Waals surface area contributed by atoms with Crippen LogP contribution in [0, 0.1) is 0 Å². The summed E-state index contributed by atoms with van der Waals surface area (Å²) in [5.41, 5.74) is 1.83. The van der Waals surface area contributed by atoms with E-state index >= 15 is 0 Å². The van der Waals surface area contributed by atoms with E-state index in [-0.39, 0.29) is 6.61 Å². The maximum atomic E-state index is 9.03. The predicted molar refractivity (Wildman–Crippen MR) is 59.2 cm³/mol. The van der Waals surface area contributed by atoms with Crippen molar-refractivity contribution in [2.75, 3.05) is 0 Å². The third-order valence-corrected chi connectivity index (χ3v) is 2.57. The van der Waals surface area contributed by atoms with Crippen molar-refractivity contribution in [3.8, 4) is 0 Å². The van der Waals surface area contributed by atoms with Crippen LogP contribution in [-0.4, -0.2) is 20.1 Å². The van der Waals surface area contributed by atoms with E-state index < -0.39 is 0 Å². The molecule has 0 amide bonds. The summed E-state index contributed by atoms with van der Waals surface area (Å²) in [7, 11) is 0. The monoisotopic (exact) mass is 267 g/mol. The molecule has 2 rings (SSSR count). The standard InChI is InChI=1S/C10H10BrN3O/c11-9-3-1-2-8(4-9)6-14-10(7-15)5-12-13-14/h1-5,15H,6-7H2. The van der Waals surface area contributed by atoms with Crippen molar-refractivity contribution in [2.45, 2.75) is 13.2 Å². The average molecular weight is 268 g/mol. The van der Waals surface area contributed by atoms with E-state index in [0.717, 1.165) is 15.7 Å². The summed E-state index contributed by atoms with van der Waals surface area (Å²) in [5.74, 6) is 0. The smallest absolute Gasteiger partial charge is 0.0866 e. The minimum absolute atomic E-state index is 0.0407. The molecule has 1 heterocycles. The molecule has 0 aliphatic rings. The molecule has 15 heavy (non-hydrogen) atoms. The zero-order valence-electron chi connectivity index (χ0n) is 7.97. The molecule has 0 unspecified atom stereocenters. The Morgan fingerprint density at radius 1 is 1.40 bits per heavy atom. The zero-order chi connectivity index (χ0) is 10.7. The summed E-state index contributed by atoms with van der Waals surface area (Å²) in [6.45, 7) is 0.580. The molecule has 0 fully saturated rings. The molecule has 1 aromatic heterocycles. The van der Waals surface area contributed by atoms with Crippen LogP contribution in [-0.2, 0) is 13.2 Å². The number of hydrogen-bond acceptors (Lipinski definition) is 3. The van der Waals surface area contributed by atoms with Crippen LogP contribution in [0.15, 0.2) is 34.9 Å². The minimum Gasteiger partial charge on any atom is -0.390 e. The number of hydrogen-bond donors (Lipinski definition) is 1. The molecule has 0 radical (unpaired) electrons. The second-order valence-electron chi connectivity index (χ2n) is 3.17. The largest absolute Gasteiger partial charge is 0.390 e. The van der Waals surface area contributed by atoms with Crippen LogP contribution < -0.4 is 0 Å². The van der Waals surface area contributed by atoms with E-state index in [1.807, 2.05) is 24.3 Å². The number of aliphatic hydroxyl groups is 1. The van der Waals surface area contributed by atoms with Crippen molar-refractivity contribution < 1.29 is 5.11 Å². The molecule has 78 valence electrons. The van der Waals surface area contributed by atoms with Crippen molar-refractivity contribution in [3.63, 3.8) is 0 Å². The summed E-state index contributed by atoms with van der Waals surface area (Å²) < 4.78 is 2.72. The first-order valence-electron chi connectivity index (χ1n) is 4.52. The van der Waals surface area contributed by atoms with Gasteiger partial charge in [0, 0.05) is 4.47 Å².